The van der Waals surface area contributed by atoms with Crippen molar-refractivity contribution in [2.24, 2.45) is 0 Å². The maximum Gasteiger partial charge on any atom is 0.272 e. The van der Waals surface area contributed by atoms with E-state index in [9.17, 15) is 9.59 Å². The van der Waals surface area contributed by atoms with Gasteiger partial charge in [-0.1, -0.05) is 23.8 Å². The van der Waals surface area contributed by atoms with Crippen LogP contribution in [-0.4, -0.2) is 11.8 Å². The Morgan fingerprint density at radius 1 is 0.929 bits per heavy atom. The van der Waals surface area contributed by atoms with Gasteiger partial charge in [0.05, 0.1) is 6.26 Å². The fourth-order valence-corrected chi connectivity index (χ4v) is 2.59. The number of rotatable bonds is 5. The van der Waals surface area contributed by atoms with Crippen molar-refractivity contribution in [1.82, 2.24) is 5.32 Å². The van der Waals surface area contributed by atoms with Gasteiger partial charge in [0.2, 0.25) is 0 Å². The maximum absolute atomic E-state index is 12.8. The first-order valence-corrected chi connectivity index (χ1v) is 8.94. The summed E-state index contributed by atoms with van der Waals surface area (Å²) in [7, 11) is 0. The molecule has 0 saturated carbocycles. The zero-order chi connectivity index (χ0) is 20.1. The lowest BCUT2D eigenvalue weighted by Crippen LogP contribution is -2.30. The minimum atomic E-state index is -0.433. The van der Waals surface area contributed by atoms with E-state index in [4.69, 9.17) is 4.42 Å². The quantitative estimate of drug-likeness (QED) is 0.641. The zero-order valence-corrected chi connectivity index (χ0v) is 16.1. The normalized spacial score (nSPS) is 11.2. The summed E-state index contributed by atoms with van der Waals surface area (Å²) in [5.74, 6) is -0.327. The zero-order valence-electron chi connectivity index (χ0n) is 16.1. The van der Waals surface area contributed by atoms with Gasteiger partial charge in [-0.25, -0.2) is 0 Å². The van der Waals surface area contributed by atoms with Crippen LogP contribution in [0, 0.1) is 20.8 Å². The largest absolute Gasteiger partial charge is 0.465 e. The summed E-state index contributed by atoms with van der Waals surface area (Å²) >= 11 is 0. The second-order valence-corrected chi connectivity index (χ2v) is 6.65. The molecule has 2 amide bonds. The van der Waals surface area contributed by atoms with Crippen molar-refractivity contribution in [3.63, 3.8) is 0 Å². The summed E-state index contributed by atoms with van der Waals surface area (Å²) in [6.45, 7) is 5.89. The fraction of sp³-hybridized carbons (Fsp3) is 0.130. The molecule has 0 aliphatic carbocycles. The van der Waals surface area contributed by atoms with Crippen molar-refractivity contribution in [2.75, 3.05) is 5.32 Å². The summed E-state index contributed by atoms with van der Waals surface area (Å²) < 4.78 is 5.29. The molecule has 0 radical (unpaired) electrons. The third-order valence-electron chi connectivity index (χ3n) is 4.40. The van der Waals surface area contributed by atoms with E-state index in [0.29, 0.717) is 17.0 Å². The minimum Gasteiger partial charge on any atom is -0.465 e. The predicted molar refractivity (Wildman–Crippen MR) is 110 cm³/mol. The molecule has 3 rings (SSSR count). The SMILES string of the molecule is Cc1ccc(NC(=O)C(=Cc2ccco2)NC(=O)c2ccc(C)c(C)c2)cc1. The highest BCUT2D eigenvalue weighted by molar-refractivity contribution is 6.10. The molecule has 5 nitrogen and oxygen atoms in total. The van der Waals surface area contributed by atoms with E-state index in [0.717, 1.165) is 16.7 Å². The average Bonchev–Trinajstić information content (AvgIpc) is 3.18. The summed E-state index contributed by atoms with van der Waals surface area (Å²) in [5, 5.41) is 5.50. The van der Waals surface area contributed by atoms with Gasteiger partial charge >= 0.3 is 0 Å². The number of carbonyl (C=O) groups is 2. The number of anilines is 1. The molecular formula is C23H22N2O3. The summed E-state index contributed by atoms with van der Waals surface area (Å²) in [6.07, 6.45) is 3.01. The van der Waals surface area contributed by atoms with Gasteiger partial charge in [0.25, 0.3) is 11.8 Å². The Morgan fingerprint density at radius 3 is 2.32 bits per heavy atom. The third-order valence-corrected chi connectivity index (χ3v) is 4.40. The Hall–Kier alpha value is -3.60. The second kappa shape index (κ2) is 8.39. The van der Waals surface area contributed by atoms with Crippen molar-refractivity contribution in [2.45, 2.75) is 20.8 Å². The Bertz CT molecular complexity index is 1020. The fourth-order valence-electron chi connectivity index (χ4n) is 2.59. The van der Waals surface area contributed by atoms with Crippen LogP contribution in [0.25, 0.3) is 6.08 Å². The molecule has 28 heavy (non-hydrogen) atoms. The van der Waals surface area contributed by atoms with Crippen LogP contribution in [0.4, 0.5) is 5.69 Å². The van der Waals surface area contributed by atoms with Crippen LogP contribution in [0.3, 0.4) is 0 Å². The second-order valence-electron chi connectivity index (χ2n) is 6.65. The Balaban J connectivity index is 1.84. The number of carbonyl (C=O) groups excluding carboxylic acids is 2. The highest BCUT2D eigenvalue weighted by Crippen LogP contribution is 2.14. The van der Waals surface area contributed by atoms with Crippen LogP contribution in [0.1, 0.15) is 32.8 Å². The van der Waals surface area contributed by atoms with Gasteiger partial charge in [0.1, 0.15) is 11.5 Å². The number of furan rings is 1. The number of hydrogen-bond acceptors (Lipinski definition) is 3. The van der Waals surface area contributed by atoms with Crippen LogP contribution in [0.5, 0.6) is 0 Å². The molecular weight excluding hydrogens is 352 g/mol. The highest BCUT2D eigenvalue weighted by Gasteiger charge is 2.16. The van der Waals surface area contributed by atoms with Crippen LogP contribution in [-0.2, 0) is 4.79 Å². The van der Waals surface area contributed by atoms with Gasteiger partial charge in [-0.3, -0.25) is 9.59 Å². The number of benzene rings is 2. The lowest BCUT2D eigenvalue weighted by Gasteiger charge is -2.12. The highest BCUT2D eigenvalue weighted by atomic mass is 16.3. The molecule has 142 valence electrons. The van der Waals surface area contributed by atoms with E-state index in [1.54, 1.807) is 24.3 Å². The van der Waals surface area contributed by atoms with E-state index in [2.05, 4.69) is 10.6 Å². The van der Waals surface area contributed by atoms with Gasteiger partial charge in [-0.05, 0) is 68.3 Å². The monoisotopic (exact) mass is 374 g/mol. The maximum atomic E-state index is 12.8. The predicted octanol–water partition coefficient (Wildman–Crippen LogP) is 4.61. The minimum absolute atomic E-state index is 0.0961. The lowest BCUT2D eigenvalue weighted by molar-refractivity contribution is -0.113. The molecule has 0 aliphatic heterocycles. The molecule has 2 aromatic carbocycles. The molecule has 0 saturated heterocycles. The summed E-state index contributed by atoms with van der Waals surface area (Å²) in [4.78, 5) is 25.5. The molecule has 5 heteroatoms. The summed E-state index contributed by atoms with van der Waals surface area (Å²) in [5.41, 5.74) is 4.41. The van der Waals surface area contributed by atoms with Crippen LogP contribution in [0.2, 0.25) is 0 Å². The van der Waals surface area contributed by atoms with E-state index in [1.165, 1.54) is 12.3 Å². The molecule has 1 heterocycles. The van der Waals surface area contributed by atoms with Crippen molar-refractivity contribution < 1.29 is 14.0 Å². The van der Waals surface area contributed by atoms with Gasteiger partial charge < -0.3 is 15.1 Å². The first kappa shape index (κ1) is 19.2. The molecule has 3 aromatic rings. The van der Waals surface area contributed by atoms with Crippen LogP contribution >= 0.6 is 0 Å². The lowest BCUT2D eigenvalue weighted by atomic mass is 10.1. The first-order chi connectivity index (χ1) is 13.4. The summed E-state index contributed by atoms with van der Waals surface area (Å²) in [6, 6.07) is 16.3. The molecule has 0 bridgehead atoms. The van der Waals surface area contributed by atoms with Crippen LogP contribution < -0.4 is 10.6 Å². The molecule has 1 aromatic heterocycles. The number of nitrogens with one attached hydrogen (secondary N) is 2. The molecule has 0 atom stereocenters. The van der Waals surface area contributed by atoms with Crippen molar-refractivity contribution in [1.29, 1.82) is 0 Å². The van der Waals surface area contributed by atoms with Gasteiger partial charge in [-0.15, -0.1) is 0 Å². The van der Waals surface area contributed by atoms with Crippen LogP contribution in [0.15, 0.2) is 71.0 Å². The molecule has 0 fully saturated rings. The first-order valence-electron chi connectivity index (χ1n) is 8.94. The van der Waals surface area contributed by atoms with Crippen molar-refractivity contribution in [3.8, 4) is 0 Å². The van der Waals surface area contributed by atoms with E-state index in [-0.39, 0.29) is 11.6 Å². The van der Waals surface area contributed by atoms with Crippen molar-refractivity contribution in [3.05, 3.63) is 94.6 Å². The van der Waals surface area contributed by atoms with E-state index >= 15 is 0 Å². The molecule has 0 spiro atoms. The van der Waals surface area contributed by atoms with Gasteiger partial charge in [-0.2, -0.15) is 0 Å². The Labute approximate surface area is 164 Å². The Morgan fingerprint density at radius 2 is 1.68 bits per heavy atom. The number of amides is 2. The van der Waals surface area contributed by atoms with Gasteiger partial charge in [0, 0.05) is 17.3 Å². The van der Waals surface area contributed by atoms with Crippen molar-refractivity contribution >= 4 is 23.6 Å². The number of aryl methyl sites for hydroxylation is 3. The standard InChI is InChI=1S/C23H22N2O3/c1-15-6-10-19(11-7-15)24-23(27)21(14-20-5-4-12-28-20)25-22(26)18-9-8-16(2)17(3)13-18/h4-14H,1-3H3,(H,24,27)(H,25,26). The third kappa shape index (κ3) is 4.76. The number of hydrogen-bond donors (Lipinski definition) is 2. The smallest absolute Gasteiger partial charge is 0.272 e. The van der Waals surface area contributed by atoms with E-state index in [1.807, 2.05) is 51.1 Å². The molecule has 0 unspecified atom stereocenters. The average molecular weight is 374 g/mol. The Kier molecular flexibility index (Phi) is 5.75. The topological polar surface area (TPSA) is 71.3 Å². The van der Waals surface area contributed by atoms with E-state index < -0.39 is 5.91 Å². The molecule has 0 aliphatic rings. The van der Waals surface area contributed by atoms with Gasteiger partial charge in [0.15, 0.2) is 0 Å². The molecule has 2 N–H and O–H groups in total.